The second kappa shape index (κ2) is 5.28. The van der Waals surface area contributed by atoms with Crippen molar-refractivity contribution in [2.45, 2.75) is 13.8 Å². The molecule has 1 aliphatic rings. The lowest BCUT2D eigenvalue weighted by Gasteiger charge is -2.31. The summed E-state index contributed by atoms with van der Waals surface area (Å²) in [7, 11) is 0. The van der Waals surface area contributed by atoms with E-state index in [0.29, 0.717) is 5.69 Å². The third-order valence-electron chi connectivity index (χ3n) is 2.95. The molecule has 0 radical (unpaired) electrons. The fourth-order valence-corrected chi connectivity index (χ4v) is 2.37. The molecule has 1 N–H and O–H groups in total. The first-order chi connectivity index (χ1) is 8.91. The van der Waals surface area contributed by atoms with Gasteiger partial charge in [0.1, 0.15) is 5.92 Å². The van der Waals surface area contributed by atoms with Crippen molar-refractivity contribution in [3.05, 3.63) is 27.8 Å². The van der Waals surface area contributed by atoms with E-state index in [1.807, 2.05) is 0 Å². The molecule has 1 atom stereocenters. The van der Waals surface area contributed by atoms with Crippen LogP contribution in [0.2, 0.25) is 0 Å². The number of hydrogen-bond acceptors (Lipinski definition) is 3. The fraction of sp³-hybridized carbons (Fsp3) is 0.308. The first kappa shape index (κ1) is 14.0. The summed E-state index contributed by atoms with van der Waals surface area (Å²) in [6.45, 7) is 3.56. The summed E-state index contributed by atoms with van der Waals surface area (Å²) in [5, 5.41) is 2.23. The van der Waals surface area contributed by atoms with E-state index in [4.69, 9.17) is 0 Å². The molecule has 6 heteroatoms. The zero-order chi connectivity index (χ0) is 14.2. The van der Waals surface area contributed by atoms with Crippen LogP contribution in [-0.4, -0.2) is 17.8 Å². The molecule has 1 fully saturated rings. The molecule has 1 aromatic carbocycles. The van der Waals surface area contributed by atoms with Crippen LogP contribution in [0, 0.1) is 15.4 Å². The molecule has 1 saturated heterocycles. The van der Waals surface area contributed by atoms with E-state index in [0.717, 1.165) is 8.47 Å². The molecule has 0 aromatic heterocycles. The van der Waals surface area contributed by atoms with E-state index in [2.05, 4.69) is 27.9 Å². The van der Waals surface area contributed by atoms with E-state index >= 15 is 0 Å². The molecule has 0 saturated carbocycles. The molecule has 1 unspecified atom stereocenters. The molecule has 1 heterocycles. The van der Waals surface area contributed by atoms with Crippen LogP contribution in [-0.2, 0) is 9.59 Å². The van der Waals surface area contributed by atoms with E-state index in [1.165, 1.54) is 0 Å². The quantitative estimate of drug-likeness (QED) is 0.639. The minimum absolute atomic E-state index is 0.160. The van der Waals surface area contributed by atoms with Gasteiger partial charge in [-0.2, -0.15) is 0 Å². The van der Waals surface area contributed by atoms with Crippen LogP contribution in [0.1, 0.15) is 13.8 Å². The third kappa shape index (κ3) is 2.63. The summed E-state index contributed by atoms with van der Waals surface area (Å²) < 4.78 is 1.00. The number of carbonyl (C=O) groups is 3. The average Bonchev–Trinajstić information content (AvgIpc) is 2.30. The van der Waals surface area contributed by atoms with Crippen LogP contribution in [0.3, 0.4) is 0 Å². The Balaban J connectivity index is 2.38. The van der Waals surface area contributed by atoms with Crippen LogP contribution in [0.25, 0.3) is 0 Å². The van der Waals surface area contributed by atoms with Gasteiger partial charge in [-0.3, -0.25) is 14.9 Å². The molecule has 0 bridgehead atoms. The summed E-state index contributed by atoms with van der Waals surface area (Å²) in [5.74, 6) is -1.97. The number of barbiturate groups is 1. The van der Waals surface area contributed by atoms with Crippen molar-refractivity contribution >= 4 is 46.1 Å². The molecule has 0 spiro atoms. The molecule has 1 aromatic rings. The largest absolute Gasteiger partial charge is 0.335 e. The lowest BCUT2D eigenvalue weighted by molar-refractivity contribution is -0.136. The predicted molar refractivity (Wildman–Crippen MR) is 78.5 cm³/mol. The molecule has 5 nitrogen and oxygen atoms in total. The monoisotopic (exact) mass is 372 g/mol. The van der Waals surface area contributed by atoms with Gasteiger partial charge >= 0.3 is 6.03 Å². The number of hydrogen-bond donors (Lipinski definition) is 1. The number of nitrogens with zero attached hydrogens (tertiary/aromatic N) is 1. The summed E-state index contributed by atoms with van der Waals surface area (Å²) >= 11 is 2.14. The Hall–Kier alpha value is -1.44. The maximum atomic E-state index is 12.3. The number of amides is 4. The number of halogens is 1. The zero-order valence-electron chi connectivity index (χ0n) is 10.5. The zero-order valence-corrected chi connectivity index (χ0v) is 12.7. The minimum atomic E-state index is -0.822. The number of urea groups is 1. The van der Waals surface area contributed by atoms with Gasteiger partial charge in [0.25, 0.3) is 0 Å². The first-order valence-corrected chi connectivity index (χ1v) is 6.94. The Morgan fingerprint density at radius 1 is 1.16 bits per heavy atom. The van der Waals surface area contributed by atoms with E-state index in [1.54, 1.807) is 38.1 Å². The van der Waals surface area contributed by atoms with Gasteiger partial charge < -0.3 is 0 Å². The van der Waals surface area contributed by atoms with Gasteiger partial charge in [-0.15, -0.1) is 0 Å². The Morgan fingerprint density at radius 3 is 2.26 bits per heavy atom. The van der Waals surface area contributed by atoms with Gasteiger partial charge in [0.2, 0.25) is 11.8 Å². The van der Waals surface area contributed by atoms with Crippen molar-refractivity contribution < 1.29 is 14.4 Å². The topological polar surface area (TPSA) is 66.5 Å². The SMILES string of the molecule is CC(C)C1C(=O)NC(=O)N(c2ccc(I)cc2)C1=O. The Morgan fingerprint density at radius 2 is 1.74 bits per heavy atom. The second-order valence-electron chi connectivity index (χ2n) is 4.67. The van der Waals surface area contributed by atoms with Crippen LogP contribution in [0.15, 0.2) is 24.3 Å². The van der Waals surface area contributed by atoms with Gasteiger partial charge in [0, 0.05) is 3.57 Å². The van der Waals surface area contributed by atoms with Gasteiger partial charge in [-0.05, 0) is 52.8 Å². The highest BCUT2D eigenvalue weighted by Crippen LogP contribution is 2.25. The van der Waals surface area contributed by atoms with Crippen molar-refractivity contribution in [3.8, 4) is 0 Å². The van der Waals surface area contributed by atoms with Crippen LogP contribution < -0.4 is 10.2 Å². The van der Waals surface area contributed by atoms with Gasteiger partial charge in [-0.1, -0.05) is 13.8 Å². The van der Waals surface area contributed by atoms with Crippen molar-refractivity contribution in [2.75, 3.05) is 4.90 Å². The number of imide groups is 2. The predicted octanol–water partition coefficient (Wildman–Crippen LogP) is 2.15. The van der Waals surface area contributed by atoms with E-state index in [-0.39, 0.29) is 5.92 Å². The highest BCUT2D eigenvalue weighted by atomic mass is 127. The lowest BCUT2D eigenvalue weighted by atomic mass is 9.92. The number of benzene rings is 1. The molecule has 2 rings (SSSR count). The number of carbonyl (C=O) groups excluding carboxylic acids is 3. The summed E-state index contributed by atoms with van der Waals surface area (Å²) in [5.41, 5.74) is 0.473. The Bertz CT molecular complexity index is 539. The molecular weight excluding hydrogens is 359 g/mol. The smallest absolute Gasteiger partial charge is 0.277 e. The van der Waals surface area contributed by atoms with Crippen LogP contribution in [0.4, 0.5) is 10.5 Å². The van der Waals surface area contributed by atoms with Crippen molar-refractivity contribution in [1.29, 1.82) is 0 Å². The normalized spacial score (nSPS) is 19.9. The van der Waals surface area contributed by atoms with Crippen molar-refractivity contribution in [1.82, 2.24) is 5.32 Å². The van der Waals surface area contributed by atoms with Gasteiger partial charge in [-0.25, -0.2) is 9.69 Å². The molecule has 1 aliphatic heterocycles. The van der Waals surface area contributed by atoms with Crippen molar-refractivity contribution in [2.24, 2.45) is 11.8 Å². The van der Waals surface area contributed by atoms with Crippen LogP contribution >= 0.6 is 22.6 Å². The highest BCUT2D eigenvalue weighted by Gasteiger charge is 2.42. The number of rotatable bonds is 2. The minimum Gasteiger partial charge on any atom is -0.277 e. The van der Waals surface area contributed by atoms with Crippen molar-refractivity contribution in [3.63, 3.8) is 0 Å². The second-order valence-corrected chi connectivity index (χ2v) is 5.91. The average molecular weight is 372 g/mol. The van der Waals surface area contributed by atoms with Crippen LogP contribution in [0.5, 0.6) is 0 Å². The Kier molecular flexibility index (Phi) is 3.88. The summed E-state index contributed by atoms with van der Waals surface area (Å²) in [4.78, 5) is 36.9. The third-order valence-corrected chi connectivity index (χ3v) is 3.67. The maximum Gasteiger partial charge on any atom is 0.335 e. The number of anilines is 1. The number of nitrogens with one attached hydrogen (secondary N) is 1. The maximum absolute atomic E-state index is 12.3. The molecular formula is C13H13IN2O3. The molecule has 100 valence electrons. The fourth-order valence-electron chi connectivity index (χ4n) is 2.01. The summed E-state index contributed by atoms with van der Waals surface area (Å²) in [6.07, 6.45) is 0. The lowest BCUT2D eigenvalue weighted by Crippen LogP contribution is -2.59. The highest BCUT2D eigenvalue weighted by molar-refractivity contribution is 14.1. The van der Waals surface area contributed by atoms with Gasteiger partial charge in [0.05, 0.1) is 5.69 Å². The van der Waals surface area contributed by atoms with E-state index in [9.17, 15) is 14.4 Å². The molecule has 4 amide bonds. The molecule has 0 aliphatic carbocycles. The van der Waals surface area contributed by atoms with E-state index < -0.39 is 23.8 Å². The standard InChI is InChI=1S/C13H13IN2O3/c1-7(2)10-11(17)15-13(19)16(12(10)18)9-5-3-8(14)4-6-9/h3-7,10H,1-2H3,(H,15,17,19). The Labute approximate surface area is 124 Å². The molecule has 19 heavy (non-hydrogen) atoms. The summed E-state index contributed by atoms with van der Waals surface area (Å²) in [6, 6.07) is 6.29. The first-order valence-electron chi connectivity index (χ1n) is 5.86. The van der Waals surface area contributed by atoms with Gasteiger partial charge in [0.15, 0.2) is 0 Å².